The quantitative estimate of drug-likeness (QED) is 0.567. The number of ether oxygens (including phenoxy) is 1. The van der Waals surface area contributed by atoms with Gasteiger partial charge in [-0.2, -0.15) is 5.26 Å². The van der Waals surface area contributed by atoms with Crippen LogP contribution in [0.3, 0.4) is 0 Å². The highest BCUT2D eigenvalue weighted by Gasteiger charge is 2.11. The summed E-state index contributed by atoms with van der Waals surface area (Å²) in [5.74, 6) is -0.316. The van der Waals surface area contributed by atoms with E-state index in [1.807, 2.05) is 13.0 Å². The Morgan fingerprint density at radius 3 is 2.56 bits per heavy atom. The van der Waals surface area contributed by atoms with E-state index in [1.54, 1.807) is 24.3 Å². The van der Waals surface area contributed by atoms with Crippen LogP contribution in [0.1, 0.15) is 55.5 Å². The molecule has 1 atom stereocenters. The SMILES string of the molecule is CCCCCC(C)OC(=O)c1ccc(C#N)cc1. The molecule has 0 heterocycles. The van der Waals surface area contributed by atoms with E-state index >= 15 is 0 Å². The lowest BCUT2D eigenvalue weighted by molar-refractivity contribution is 0.0319. The van der Waals surface area contributed by atoms with Gasteiger partial charge < -0.3 is 4.74 Å². The van der Waals surface area contributed by atoms with Gasteiger partial charge in [0.2, 0.25) is 0 Å². The Morgan fingerprint density at radius 2 is 2.00 bits per heavy atom. The molecule has 0 aromatic heterocycles. The molecule has 1 aromatic carbocycles. The fourth-order valence-corrected chi connectivity index (χ4v) is 1.67. The number of nitrogens with zero attached hydrogens (tertiary/aromatic N) is 1. The summed E-state index contributed by atoms with van der Waals surface area (Å²) in [5, 5.41) is 8.67. The van der Waals surface area contributed by atoms with Gasteiger partial charge in [0.15, 0.2) is 0 Å². The van der Waals surface area contributed by atoms with Crippen molar-refractivity contribution in [3.8, 4) is 6.07 Å². The fraction of sp³-hybridized carbons (Fsp3) is 0.467. The molecule has 1 aromatic rings. The first-order valence-corrected chi connectivity index (χ1v) is 6.38. The van der Waals surface area contributed by atoms with Crippen LogP contribution in [0, 0.1) is 11.3 Å². The summed E-state index contributed by atoms with van der Waals surface area (Å²) >= 11 is 0. The molecule has 0 aliphatic rings. The topological polar surface area (TPSA) is 50.1 Å². The molecule has 1 unspecified atom stereocenters. The van der Waals surface area contributed by atoms with Crippen molar-refractivity contribution in [1.29, 1.82) is 5.26 Å². The minimum Gasteiger partial charge on any atom is -0.459 e. The van der Waals surface area contributed by atoms with Gasteiger partial charge in [-0.1, -0.05) is 19.8 Å². The molecule has 1 rings (SSSR count). The minimum atomic E-state index is -0.316. The Kier molecular flexibility index (Phi) is 5.93. The molecule has 0 fully saturated rings. The molecule has 0 radical (unpaired) electrons. The van der Waals surface area contributed by atoms with Crippen molar-refractivity contribution in [2.24, 2.45) is 0 Å². The number of hydrogen-bond acceptors (Lipinski definition) is 3. The molecule has 0 N–H and O–H groups in total. The van der Waals surface area contributed by atoms with Gasteiger partial charge >= 0.3 is 5.97 Å². The van der Waals surface area contributed by atoms with Crippen LogP contribution < -0.4 is 0 Å². The summed E-state index contributed by atoms with van der Waals surface area (Å²) in [5.41, 5.74) is 1.04. The maximum absolute atomic E-state index is 11.8. The molecule has 18 heavy (non-hydrogen) atoms. The van der Waals surface area contributed by atoms with Crippen LogP contribution in [0.15, 0.2) is 24.3 Å². The first-order chi connectivity index (χ1) is 8.67. The fourth-order valence-electron chi connectivity index (χ4n) is 1.67. The molecular weight excluding hydrogens is 226 g/mol. The van der Waals surface area contributed by atoms with Gasteiger partial charge in [0.25, 0.3) is 0 Å². The molecule has 3 nitrogen and oxygen atoms in total. The van der Waals surface area contributed by atoms with E-state index in [2.05, 4.69) is 6.92 Å². The van der Waals surface area contributed by atoms with Crippen molar-refractivity contribution in [3.05, 3.63) is 35.4 Å². The first kappa shape index (κ1) is 14.2. The van der Waals surface area contributed by atoms with Gasteiger partial charge in [0, 0.05) is 0 Å². The van der Waals surface area contributed by atoms with Crippen LogP contribution in [-0.4, -0.2) is 12.1 Å². The van der Waals surface area contributed by atoms with E-state index < -0.39 is 0 Å². The molecule has 0 aliphatic heterocycles. The molecule has 3 heteroatoms. The summed E-state index contributed by atoms with van der Waals surface area (Å²) in [6, 6.07) is 8.51. The van der Waals surface area contributed by atoms with Gasteiger partial charge in [0.1, 0.15) is 0 Å². The maximum Gasteiger partial charge on any atom is 0.338 e. The van der Waals surface area contributed by atoms with E-state index in [-0.39, 0.29) is 12.1 Å². The lowest BCUT2D eigenvalue weighted by Crippen LogP contribution is -2.15. The molecular formula is C15H19NO2. The molecule has 0 saturated heterocycles. The minimum absolute atomic E-state index is 0.0558. The van der Waals surface area contributed by atoms with Crippen molar-refractivity contribution in [2.45, 2.75) is 45.6 Å². The predicted molar refractivity (Wildman–Crippen MR) is 70.2 cm³/mol. The maximum atomic E-state index is 11.8. The monoisotopic (exact) mass is 245 g/mol. The lowest BCUT2D eigenvalue weighted by Gasteiger charge is -2.12. The van der Waals surface area contributed by atoms with Gasteiger partial charge in [-0.15, -0.1) is 0 Å². The third-order valence-electron chi connectivity index (χ3n) is 2.77. The molecule has 0 bridgehead atoms. The predicted octanol–water partition coefficient (Wildman–Crippen LogP) is 3.68. The molecule has 0 amide bonds. The average molecular weight is 245 g/mol. The summed E-state index contributed by atoms with van der Waals surface area (Å²) in [7, 11) is 0. The van der Waals surface area contributed by atoms with Crippen LogP contribution >= 0.6 is 0 Å². The van der Waals surface area contributed by atoms with Crippen LogP contribution in [0.2, 0.25) is 0 Å². The normalized spacial score (nSPS) is 11.6. The molecule has 0 aliphatic carbocycles. The second-order valence-electron chi connectivity index (χ2n) is 4.40. The van der Waals surface area contributed by atoms with E-state index in [0.29, 0.717) is 11.1 Å². The number of benzene rings is 1. The Hall–Kier alpha value is -1.82. The van der Waals surface area contributed by atoms with Crippen LogP contribution in [0.25, 0.3) is 0 Å². The highest BCUT2D eigenvalue weighted by atomic mass is 16.5. The van der Waals surface area contributed by atoms with E-state index in [0.717, 1.165) is 19.3 Å². The van der Waals surface area contributed by atoms with Crippen LogP contribution in [-0.2, 0) is 4.74 Å². The number of esters is 1. The highest BCUT2D eigenvalue weighted by Crippen LogP contribution is 2.10. The Balaban J connectivity index is 2.46. The Morgan fingerprint density at radius 1 is 1.33 bits per heavy atom. The zero-order chi connectivity index (χ0) is 13.4. The number of unbranched alkanes of at least 4 members (excludes halogenated alkanes) is 2. The third-order valence-corrected chi connectivity index (χ3v) is 2.77. The van der Waals surface area contributed by atoms with Crippen molar-refractivity contribution < 1.29 is 9.53 Å². The average Bonchev–Trinajstić information content (AvgIpc) is 2.39. The number of hydrogen-bond donors (Lipinski definition) is 0. The first-order valence-electron chi connectivity index (χ1n) is 6.38. The van der Waals surface area contributed by atoms with E-state index in [9.17, 15) is 4.79 Å². The van der Waals surface area contributed by atoms with Crippen molar-refractivity contribution in [2.75, 3.05) is 0 Å². The second-order valence-corrected chi connectivity index (χ2v) is 4.40. The zero-order valence-corrected chi connectivity index (χ0v) is 11.0. The molecule has 0 spiro atoms. The zero-order valence-electron chi connectivity index (χ0n) is 11.0. The Labute approximate surface area is 108 Å². The van der Waals surface area contributed by atoms with Gasteiger partial charge in [-0.3, -0.25) is 0 Å². The second kappa shape index (κ2) is 7.50. The summed E-state index contributed by atoms with van der Waals surface area (Å²) in [6.45, 7) is 4.06. The largest absolute Gasteiger partial charge is 0.459 e. The van der Waals surface area contributed by atoms with Crippen LogP contribution in [0.4, 0.5) is 0 Å². The van der Waals surface area contributed by atoms with Crippen LogP contribution in [0.5, 0.6) is 0 Å². The van der Waals surface area contributed by atoms with Crippen molar-refractivity contribution in [3.63, 3.8) is 0 Å². The smallest absolute Gasteiger partial charge is 0.338 e. The van der Waals surface area contributed by atoms with E-state index in [4.69, 9.17) is 10.00 Å². The summed E-state index contributed by atoms with van der Waals surface area (Å²) < 4.78 is 5.33. The number of rotatable bonds is 6. The standard InChI is InChI=1S/C15H19NO2/c1-3-4-5-6-12(2)18-15(17)14-9-7-13(11-16)8-10-14/h7-10,12H,3-6H2,1-2H3. The van der Waals surface area contributed by atoms with E-state index in [1.165, 1.54) is 6.42 Å². The van der Waals surface area contributed by atoms with Gasteiger partial charge in [-0.05, 0) is 44.0 Å². The summed E-state index contributed by atoms with van der Waals surface area (Å²) in [4.78, 5) is 11.8. The lowest BCUT2D eigenvalue weighted by atomic mass is 10.1. The number of carbonyl (C=O) groups excluding carboxylic acids is 1. The molecule has 0 saturated carbocycles. The number of nitriles is 1. The highest BCUT2D eigenvalue weighted by molar-refractivity contribution is 5.89. The Bertz CT molecular complexity index is 417. The number of carbonyl (C=O) groups is 1. The van der Waals surface area contributed by atoms with Crippen molar-refractivity contribution >= 4 is 5.97 Å². The van der Waals surface area contributed by atoms with Gasteiger partial charge in [-0.25, -0.2) is 4.79 Å². The molecule has 96 valence electrons. The van der Waals surface area contributed by atoms with Crippen molar-refractivity contribution in [1.82, 2.24) is 0 Å². The summed E-state index contributed by atoms with van der Waals surface area (Å²) in [6.07, 6.45) is 4.25. The van der Waals surface area contributed by atoms with Gasteiger partial charge in [0.05, 0.1) is 23.3 Å². The third kappa shape index (κ3) is 4.58.